The van der Waals surface area contributed by atoms with Gasteiger partial charge in [-0.3, -0.25) is 14.5 Å². The molecule has 29 heavy (non-hydrogen) atoms. The topological polar surface area (TPSA) is 143 Å². The van der Waals surface area contributed by atoms with Crippen LogP contribution in [0.3, 0.4) is 0 Å². The van der Waals surface area contributed by atoms with Crippen molar-refractivity contribution in [3.8, 4) is 0 Å². The van der Waals surface area contributed by atoms with Gasteiger partial charge < -0.3 is 18.9 Å². The predicted octanol–water partition coefficient (Wildman–Crippen LogP) is -0.606. The molecule has 1 saturated heterocycles. The number of β-lactam (4-membered cyclic amide) rings is 1. The summed E-state index contributed by atoms with van der Waals surface area (Å²) < 4.78 is 19.5. The molecule has 1 aliphatic heterocycles. The summed E-state index contributed by atoms with van der Waals surface area (Å²) in [6.45, 7) is 6.10. The van der Waals surface area contributed by atoms with Crippen LogP contribution < -0.4 is 0 Å². The minimum Gasteiger partial charge on any atom is -0.464 e. The maximum absolute atomic E-state index is 12.8. The number of carbonyl (C=O) groups is 6. The highest BCUT2D eigenvalue weighted by atomic mass is 16.6. The molecule has 11 nitrogen and oxygen atoms in total. The summed E-state index contributed by atoms with van der Waals surface area (Å²) in [5, 5.41) is 0. The molecule has 0 spiro atoms. The molecule has 0 saturated carbocycles. The summed E-state index contributed by atoms with van der Waals surface area (Å²) in [6, 6.07) is -2.09. The van der Waals surface area contributed by atoms with Crippen molar-refractivity contribution in [1.29, 1.82) is 0 Å². The maximum atomic E-state index is 12.8. The first-order valence-electron chi connectivity index (χ1n) is 9.17. The Balaban J connectivity index is 3.70. The van der Waals surface area contributed by atoms with Gasteiger partial charge in [-0.25, -0.2) is 19.2 Å². The third-order valence-corrected chi connectivity index (χ3v) is 4.14. The fourth-order valence-corrected chi connectivity index (χ4v) is 3.11. The molecule has 0 aliphatic carbocycles. The number of hydrogen-bond donors (Lipinski definition) is 0. The Morgan fingerprint density at radius 1 is 0.828 bits per heavy atom. The first kappa shape index (κ1) is 24.1. The zero-order valence-electron chi connectivity index (χ0n) is 17.0. The quantitative estimate of drug-likeness (QED) is 0.196. The van der Waals surface area contributed by atoms with E-state index in [9.17, 15) is 28.8 Å². The second kappa shape index (κ2) is 9.99. The van der Waals surface area contributed by atoms with E-state index in [4.69, 9.17) is 18.9 Å². The lowest BCUT2D eigenvalue weighted by Crippen LogP contribution is -2.83. The first-order chi connectivity index (χ1) is 13.7. The highest BCUT2D eigenvalue weighted by molar-refractivity contribution is 6.26. The lowest BCUT2D eigenvalue weighted by atomic mass is 9.69. The van der Waals surface area contributed by atoms with Crippen LogP contribution >= 0.6 is 0 Å². The van der Waals surface area contributed by atoms with Crippen molar-refractivity contribution in [1.82, 2.24) is 4.90 Å². The largest absolute Gasteiger partial charge is 0.464 e. The Labute approximate surface area is 167 Å². The molecule has 0 aromatic carbocycles. The Hall–Kier alpha value is -2.98. The van der Waals surface area contributed by atoms with Crippen molar-refractivity contribution < 1.29 is 47.7 Å². The Morgan fingerprint density at radius 2 is 1.21 bits per heavy atom. The summed E-state index contributed by atoms with van der Waals surface area (Å²) in [6.07, 6.45) is 0. The third-order valence-electron chi connectivity index (χ3n) is 4.14. The summed E-state index contributed by atoms with van der Waals surface area (Å²) in [4.78, 5) is 75.9. The van der Waals surface area contributed by atoms with E-state index in [1.165, 1.54) is 27.7 Å². The standard InChI is InChI=1S/C18H25NO10/c1-6-26-14(22)12(15(23)27-7-2)19-13(21)11(10(5)20)18(19,16(24)28-8-3)17(25)29-9-4/h11-12H,6-9H2,1-5H3. The molecule has 1 aliphatic rings. The number of hydrogen-bond acceptors (Lipinski definition) is 10. The lowest BCUT2D eigenvalue weighted by Gasteiger charge is -2.53. The van der Waals surface area contributed by atoms with Gasteiger partial charge in [0.2, 0.25) is 11.9 Å². The molecule has 0 N–H and O–H groups in total. The summed E-state index contributed by atoms with van der Waals surface area (Å²) in [5.74, 6) is -8.78. The summed E-state index contributed by atoms with van der Waals surface area (Å²) >= 11 is 0. The molecule has 0 bridgehead atoms. The normalized spacial score (nSPS) is 17.2. The van der Waals surface area contributed by atoms with Crippen molar-refractivity contribution >= 4 is 35.6 Å². The van der Waals surface area contributed by atoms with Crippen molar-refractivity contribution in [2.24, 2.45) is 5.92 Å². The number of likely N-dealkylation sites (tertiary alicyclic amines) is 1. The molecule has 1 rings (SSSR count). The average Bonchev–Trinajstić information content (AvgIpc) is 2.63. The Bertz CT molecular complexity index is 665. The van der Waals surface area contributed by atoms with Crippen LogP contribution in [-0.2, 0) is 47.7 Å². The number of nitrogens with zero attached hydrogens (tertiary/aromatic N) is 1. The van der Waals surface area contributed by atoms with Crippen LogP contribution in [0, 0.1) is 5.92 Å². The number of ether oxygens (including phenoxy) is 4. The smallest absolute Gasteiger partial charge is 0.345 e. The van der Waals surface area contributed by atoms with E-state index in [2.05, 4.69) is 0 Å². The van der Waals surface area contributed by atoms with E-state index >= 15 is 0 Å². The second-order valence-electron chi connectivity index (χ2n) is 5.87. The van der Waals surface area contributed by atoms with Gasteiger partial charge in [-0.15, -0.1) is 0 Å². The van der Waals surface area contributed by atoms with Gasteiger partial charge in [0, 0.05) is 0 Å². The van der Waals surface area contributed by atoms with E-state index in [0.717, 1.165) is 6.92 Å². The van der Waals surface area contributed by atoms with Crippen molar-refractivity contribution in [3.63, 3.8) is 0 Å². The van der Waals surface area contributed by atoms with Crippen LogP contribution in [0.25, 0.3) is 0 Å². The van der Waals surface area contributed by atoms with Crippen molar-refractivity contribution in [2.45, 2.75) is 46.2 Å². The number of esters is 4. The molecular formula is C18H25NO10. The lowest BCUT2D eigenvalue weighted by molar-refractivity contribution is -0.212. The van der Waals surface area contributed by atoms with E-state index in [0.29, 0.717) is 4.90 Å². The maximum Gasteiger partial charge on any atom is 0.345 e. The van der Waals surface area contributed by atoms with E-state index < -0.39 is 53.1 Å². The van der Waals surface area contributed by atoms with Crippen LogP contribution in [0.15, 0.2) is 0 Å². The van der Waals surface area contributed by atoms with Crippen LogP contribution in [0.1, 0.15) is 34.6 Å². The highest BCUT2D eigenvalue weighted by Gasteiger charge is 2.77. The SMILES string of the molecule is CCOC(=O)C(C(=O)OCC)N1C(=O)C(C(C)=O)C1(C(=O)OCC)C(=O)OCC. The van der Waals surface area contributed by atoms with Gasteiger partial charge in [-0.05, 0) is 34.6 Å². The molecule has 1 unspecified atom stereocenters. The Kier molecular flexibility index (Phi) is 8.28. The molecule has 0 radical (unpaired) electrons. The predicted molar refractivity (Wildman–Crippen MR) is 94.1 cm³/mol. The molecule has 11 heteroatoms. The van der Waals surface area contributed by atoms with Gasteiger partial charge >= 0.3 is 23.9 Å². The first-order valence-corrected chi connectivity index (χ1v) is 9.17. The fraction of sp³-hybridized carbons (Fsp3) is 0.667. The fourth-order valence-electron chi connectivity index (χ4n) is 3.11. The van der Waals surface area contributed by atoms with E-state index in [1.54, 1.807) is 0 Å². The van der Waals surface area contributed by atoms with Gasteiger partial charge in [0.25, 0.3) is 5.54 Å². The molecule has 1 heterocycles. The van der Waals surface area contributed by atoms with Crippen LogP contribution in [0.4, 0.5) is 0 Å². The number of Topliss-reactive ketones (excluding diaryl/α,β-unsaturated/α-hetero) is 1. The van der Waals surface area contributed by atoms with Crippen LogP contribution in [0.5, 0.6) is 0 Å². The second-order valence-corrected chi connectivity index (χ2v) is 5.87. The summed E-state index contributed by atoms with van der Waals surface area (Å²) in [5.41, 5.74) is -2.64. The zero-order valence-corrected chi connectivity index (χ0v) is 17.0. The molecule has 1 amide bonds. The molecule has 162 valence electrons. The third kappa shape index (κ3) is 4.08. The van der Waals surface area contributed by atoms with Crippen LogP contribution in [0.2, 0.25) is 0 Å². The van der Waals surface area contributed by atoms with Gasteiger partial charge in [0.05, 0.1) is 26.4 Å². The molecule has 0 aromatic heterocycles. The highest BCUT2D eigenvalue weighted by Crippen LogP contribution is 2.43. The van der Waals surface area contributed by atoms with E-state index in [-0.39, 0.29) is 26.4 Å². The molecule has 0 aromatic rings. The number of carbonyl (C=O) groups excluding carboxylic acids is 6. The molecule has 1 fully saturated rings. The van der Waals surface area contributed by atoms with Gasteiger partial charge in [-0.1, -0.05) is 0 Å². The minimum atomic E-state index is -2.64. The number of ketones is 1. The van der Waals surface area contributed by atoms with Gasteiger partial charge in [-0.2, -0.15) is 0 Å². The van der Waals surface area contributed by atoms with E-state index in [1.807, 2.05) is 0 Å². The average molecular weight is 415 g/mol. The van der Waals surface area contributed by atoms with Crippen molar-refractivity contribution in [2.75, 3.05) is 26.4 Å². The minimum absolute atomic E-state index is 0.154. The number of amides is 1. The van der Waals surface area contributed by atoms with Crippen molar-refractivity contribution in [3.05, 3.63) is 0 Å². The molecule has 1 atom stereocenters. The summed E-state index contributed by atoms with van der Waals surface area (Å²) in [7, 11) is 0. The molecular weight excluding hydrogens is 390 g/mol. The Morgan fingerprint density at radius 3 is 1.52 bits per heavy atom. The van der Waals surface area contributed by atoms with Gasteiger partial charge in [0.15, 0.2) is 0 Å². The number of rotatable bonds is 10. The zero-order chi connectivity index (χ0) is 22.4. The monoisotopic (exact) mass is 415 g/mol. The van der Waals surface area contributed by atoms with Gasteiger partial charge in [0.1, 0.15) is 11.7 Å². The van der Waals surface area contributed by atoms with Crippen LogP contribution in [-0.4, -0.2) is 78.5 Å².